The molecule has 0 unspecified atom stereocenters. The van der Waals surface area contributed by atoms with Crippen molar-refractivity contribution in [2.24, 2.45) is 0 Å². The number of hydrogen-bond acceptors (Lipinski definition) is 2. The molecule has 0 aliphatic heterocycles. The Labute approximate surface area is 64.0 Å². The summed E-state index contributed by atoms with van der Waals surface area (Å²) in [5.74, 6) is -1.06. The van der Waals surface area contributed by atoms with E-state index in [1.54, 1.807) is 0 Å². The minimum Gasteiger partial charge on any atom is -1.00 e. The first-order valence-electron chi connectivity index (χ1n) is 1.26. The van der Waals surface area contributed by atoms with Gasteiger partial charge < -0.3 is 1.43 Å². The Balaban J connectivity index is -0.000000125. The van der Waals surface area contributed by atoms with E-state index in [0.29, 0.717) is 0 Å². The first-order chi connectivity index (χ1) is 2.81. The average Bonchev–Trinajstić information content (AvgIpc) is 1.65. The molecule has 0 atom stereocenters. The van der Waals surface area contributed by atoms with E-state index in [2.05, 4.69) is 11.5 Å². The summed E-state index contributed by atoms with van der Waals surface area (Å²) in [4.78, 5) is 12.1. The topological polar surface area (TPSA) is 26.3 Å². The van der Waals surface area contributed by atoms with Crippen LogP contribution in [0.2, 0.25) is 0 Å². The van der Waals surface area contributed by atoms with Gasteiger partial charge in [-0.3, -0.25) is 4.94 Å². The average molecular weight is 114 g/mol. The standard InChI is InChI=1S/C3H3FO2.Na.H/c1-2-3(5)6-4;;/h2H,1H2;;/q;+1;-1. The van der Waals surface area contributed by atoms with Gasteiger partial charge in [0.25, 0.3) is 0 Å². The van der Waals surface area contributed by atoms with E-state index in [4.69, 9.17) is 0 Å². The molecule has 0 bridgehead atoms. The van der Waals surface area contributed by atoms with Gasteiger partial charge in [-0.05, 0) is 0 Å². The fraction of sp³-hybridized carbons (Fsp3) is 0. The summed E-state index contributed by atoms with van der Waals surface area (Å²) < 4.78 is 10.5. The molecule has 0 saturated carbocycles. The zero-order valence-electron chi connectivity index (χ0n) is 4.98. The molecule has 0 aromatic carbocycles. The van der Waals surface area contributed by atoms with Crippen LogP contribution in [0.1, 0.15) is 1.43 Å². The molecule has 4 heteroatoms. The third-order valence-corrected chi connectivity index (χ3v) is 0.243. The maximum atomic E-state index is 10.5. The van der Waals surface area contributed by atoms with Crippen LogP contribution in [-0.2, 0) is 9.74 Å². The van der Waals surface area contributed by atoms with Crippen molar-refractivity contribution in [3.8, 4) is 0 Å². The molecule has 0 rings (SSSR count). The first kappa shape index (κ1) is 10.2. The number of carbonyl (C=O) groups excluding carboxylic acids is 1. The molecule has 0 heterocycles. The molecular formula is C3H4FNaO2. The van der Waals surface area contributed by atoms with Crippen LogP contribution in [0.3, 0.4) is 0 Å². The maximum absolute atomic E-state index is 10.5. The second kappa shape index (κ2) is 6.14. The molecule has 0 aliphatic rings. The molecule has 2 nitrogen and oxygen atoms in total. The summed E-state index contributed by atoms with van der Waals surface area (Å²) >= 11 is 0. The zero-order chi connectivity index (χ0) is 4.99. The molecule has 0 amide bonds. The van der Waals surface area contributed by atoms with E-state index in [1.807, 2.05) is 0 Å². The summed E-state index contributed by atoms with van der Waals surface area (Å²) in [5.41, 5.74) is 0. The zero-order valence-corrected chi connectivity index (χ0v) is 5.98. The minimum absolute atomic E-state index is 0. The molecule has 36 valence electrons. The van der Waals surface area contributed by atoms with Crippen LogP contribution in [0.5, 0.6) is 0 Å². The van der Waals surface area contributed by atoms with Crippen molar-refractivity contribution in [3.63, 3.8) is 0 Å². The number of hydrogen-bond donors (Lipinski definition) is 0. The summed E-state index contributed by atoms with van der Waals surface area (Å²) in [6, 6.07) is 0. The van der Waals surface area contributed by atoms with E-state index >= 15 is 0 Å². The van der Waals surface area contributed by atoms with Gasteiger partial charge in [0.2, 0.25) is 0 Å². The smallest absolute Gasteiger partial charge is 1.00 e. The fourth-order valence-corrected chi connectivity index (χ4v) is 0.0315. The molecule has 0 aliphatic carbocycles. The van der Waals surface area contributed by atoms with Gasteiger partial charge in [0.15, 0.2) is 0 Å². The van der Waals surface area contributed by atoms with Crippen molar-refractivity contribution < 1.29 is 45.2 Å². The van der Waals surface area contributed by atoms with Crippen LogP contribution in [0.15, 0.2) is 12.7 Å². The van der Waals surface area contributed by atoms with Gasteiger partial charge in [0.05, 0.1) is 0 Å². The van der Waals surface area contributed by atoms with Crippen molar-refractivity contribution in [1.29, 1.82) is 0 Å². The van der Waals surface area contributed by atoms with E-state index in [9.17, 15) is 9.32 Å². The molecule has 0 N–H and O–H groups in total. The van der Waals surface area contributed by atoms with Gasteiger partial charge in [-0.2, -0.15) is 0 Å². The van der Waals surface area contributed by atoms with Gasteiger partial charge in [-0.15, -0.1) is 0 Å². The van der Waals surface area contributed by atoms with Crippen LogP contribution in [0.4, 0.5) is 4.53 Å². The van der Waals surface area contributed by atoms with Crippen LogP contribution < -0.4 is 29.6 Å². The number of halogens is 1. The predicted octanol–water partition coefficient (Wildman–Crippen LogP) is -2.28. The van der Waals surface area contributed by atoms with Gasteiger partial charge in [0, 0.05) is 10.6 Å². The third kappa shape index (κ3) is 6.14. The summed E-state index contributed by atoms with van der Waals surface area (Å²) in [7, 11) is 0. The normalized spacial score (nSPS) is 5.86. The van der Waals surface area contributed by atoms with Crippen LogP contribution in [-0.4, -0.2) is 5.97 Å². The molecule has 0 saturated heterocycles. The van der Waals surface area contributed by atoms with E-state index in [0.717, 1.165) is 6.08 Å². The second-order valence-electron chi connectivity index (χ2n) is 0.600. The van der Waals surface area contributed by atoms with Crippen molar-refractivity contribution in [1.82, 2.24) is 0 Å². The Morgan fingerprint density at radius 1 is 2.00 bits per heavy atom. The minimum atomic E-state index is -1.06. The Morgan fingerprint density at radius 2 is 2.43 bits per heavy atom. The number of carbonyl (C=O) groups is 1. The van der Waals surface area contributed by atoms with Crippen LogP contribution in [0, 0.1) is 0 Å². The van der Waals surface area contributed by atoms with Gasteiger partial charge in [-0.1, -0.05) is 6.58 Å². The maximum Gasteiger partial charge on any atom is 1.00 e. The van der Waals surface area contributed by atoms with E-state index in [1.165, 1.54) is 0 Å². The quantitative estimate of drug-likeness (QED) is 0.283. The van der Waals surface area contributed by atoms with Gasteiger partial charge >= 0.3 is 35.5 Å². The van der Waals surface area contributed by atoms with Gasteiger partial charge in [0.1, 0.15) is 0 Å². The van der Waals surface area contributed by atoms with Crippen LogP contribution >= 0.6 is 0 Å². The SMILES string of the molecule is C=CC(=O)OF.[H-].[Na+]. The molecule has 0 radical (unpaired) electrons. The predicted molar refractivity (Wildman–Crippen MR) is 18.5 cm³/mol. The summed E-state index contributed by atoms with van der Waals surface area (Å²) in [5, 5.41) is 0. The molecule has 0 spiro atoms. The third-order valence-electron chi connectivity index (χ3n) is 0.243. The van der Waals surface area contributed by atoms with Crippen molar-refractivity contribution in [3.05, 3.63) is 12.7 Å². The molecule has 7 heavy (non-hydrogen) atoms. The fourth-order valence-electron chi connectivity index (χ4n) is 0.0315. The van der Waals surface area contributed by atoms with Crippen LogP contribution in [0.25, 0.3) is 0 Å². The van der Waals surface area contributed by atoms with Crippen molar-refractivity contribution in [2.75, 3.05) is 0 Å². The van der Waals surface area contributed by atoms with Crippen molar-refractivity contribution >= 4 is 5.97 Å². The largest absolute Gasteiger partial charge is 1.00 e. The Morgan fingerprint density at radius 3 is 2.43 bits per heavy atom. The van der Waals surface area contributed by atoms with E-state index in [-0.39, 0.29) is 31.0 Å². The molecule has 0 aromatic rings. The van der Waals surface area contributed by atoms with Gasteiger partial charge in [-0.25, -0.2) is 4.79 Å². The molecule has 0 aromatic heterocycles. The Hall–Kier alpha value is 0.140. The Kier molecular flexibility index (Phi) is 8.94. The second-order valence-corrected chi connectivity index (χ2v) is 0.600. The monoisotopic (exact) mass is 114 g/mol. The first-order valence-corrected chi connectivity index (χ1v) is 1.26. The van der Waals surface area contributed by atoms with Crippen molar-refractivity contribution in [2.45, 2.75) is 0 Å². The number of rotatable bonds is 1. The summed E-state index contributed by atoms with van der Waals surface area (Å²) in [6.45, 7) is 2.92. The summed E-state index contributed by atoms with van der Waals surface area (Å²) in [6.07, 6.45) is 0.736. The molecule has 0 fully saturated rings. The van der Waals surface area contributed by atoms with E-state index < -0.39 is 5.97 Å². The molecular weight excluding hydrogens is 110 g/mol. The Bertz CT molecular complexity index is 77.7.